The molecule has 2 aromatic rings. The minimum absolute atomic E-state index is 0.0374. The van der Waals surface area contributed by atoms with E-state index in [-0.39, 0.29) is 29.0 Å². The lowest BCUT2D eigenvalue weighted by Gasteiger charge is -2.44. The Morgan fingerprint density at radius 3 is 2.46 bits per heavy atom. The number of ether oxygens (including phenoxy) is 2. The van der Waals surface area contributed by atoms with E-state index >= 15 is 0 Å². The summed E-state index contributed by atoms with van der Waals surface area (Å²) in [6.45, 7) is 0.133. The Bertz CT molecular complexity index is 1300. The topological polar surface area (TPSA) is 136 Å². The molecule has 0 aliphatic carbocycles. The summed E-state index contributed by atoms with van der Waals surface area (Å²) in [5, 5.41) is 11.0. The van der Waals surface area contributed by atoms with Crippen LogP contribution in [0.3, 0.4) is 0 Å². The molecule has 11 nitrogen and oxygen atoms in total. The number of piperidine rings is 1. The molecule has 3 aliphatic rings. The number of carbonyl (C=O) groups excluding carboxylic acids is 4. The van der Waals surface area contributed by atoms with Gasteiger partial charge in [-0.05, 0) is 24.3 Å². The van der Waals surface area contributed by atoms with Crippen LogP contribution in [0.1, 0.15) is 50.3 Å². The number of rotatable bonds is 4. The zero-order valence-electron chi connectivity index (χ0n) is 18.8. The number of Topliss-reactive ketones (excluding diaryl/α,β-unsaturated/α-hetero) is 1. The van der Waals surface area contributed by atoms with Crippen molar-refractivity contribution in [2.24, 2.45) is 0 Å². The first kappa shape index (κ1) is 22.5. The van der Waals surface area contributed by atoms with Crippen molar-refractivity contribution in [3.8, 4) is 11.5 Å². The molecule has 3 amide bonds. The van der Waals surface area contributed by atoms with Crippen LogP contribution in [0, 0.1) is 10.1 Å². The van der Waals surface area contributed by atoms with Crippen LogP contribution in [0.15, 0.2) is 36.4 Å². The molecule has 11 heteroatoms. The normalized spacial score (nSPS) is 18.3. The van der Waals surface area contributed by atoms with E-state index in [0.717, 1.165) is 17.0 Å². The molecule has 5 rings (SSSR count). The summed E-state index contributed by atoms with van der Waals surface area (Å²) < 4.78 is 11.4. The molecule has 2 aromatic carbocycles. The van der Waals surface area contributed by atoms with Crippen molar-refractivity contribution in [1.82, 2.24) is 9.80 Å². The highest BCUT2D eigenvalue weighted by molar-refractivity contribution is 6.22. The second-order valence-corrected chi connectivity index (χ2v) is 8.81. The van der Waals surface area contributed by atoms with Gasteiger partial charge in [0.15, 0.2) is 5.78 Å². The number of non-ortho nitro benzene ring substituents is 1. The Balaban J connectivity index is 1.24. The molecule has 3 aliphatic heterocycles. The molecule has 1 fully saturated rings. The van der Waals surface area contributed by atoms with Crippen molar-refractivity contribution >= 4 is 29.2 Å². The summed E-state index contributed by atoms with van der Waals surface area (Å²) in [7, 11) is 1.52. The third-order valence-corrected chi connectivity index (χ3v) is 6.78. The summed E-state index contributed by atoms with van der Waals surface area (Å²) in [5.41, 5.74) is -0.598. The summed E-state index contributed by atoms with van der Waals surface area (Å²) in [6, 6.07) is 8.51. The second kappa shape index (κ2) is 8.19. The van der Waals surface area contributed by atoms with E-state index < -0.39 is 34.8 Å². The fourth-order valence-electron chi connectivity index (χ4n) is 4.81. The van der Waals surface area contributed by atoms with Crippen LogP contribution >= 0.6 is 0 Å². The van der Waals surface area contributed by atoms with Crippen molar-refractivity contribution in [3.05, 3.63) is 63.2 Å². The number of ketones is 1. The largest absolute Gasteiger partial charge is 0.497 e. The van der Waals surface area contributed by atoms with Crippen LogP contribution in [0.2, 0.25) is 0 Å². The van der Waals surface area contributed by atoms with Crippen LogP contribution in [0.4, 0.5) is 5.69 Å². The number of carbonyl (C=O) groups is 4. The SMILES string of the molecule is COc1ccc2c(c1)C(=O)CC1(CCN(C(=O)CN3C(=O)c4ccc([N+](=O)[O-])cc4C3=O)CC1)O2. The average molecular weight is 479 g/mol. The number of imide groups is 1. The molecule has 0 radical (unpaired) electrons. The van der Waals surface area contributed by atoms with Crippen molar-refractivity contribution in [3.63, 3.8) is 0 Å². The van der Waals surface area contributed by atoms with Gasteiger partial charge >= 0.3 is 0 Å². The second-order valence-electron chi connectivity index (χ2n) is 8.81. The molecule has 0 aromatic heterocycles. The molecule has 3 heterocycles. The van der Waals surface area contributed by atoms with E-state index in [1.54, 1.807) is 18.2 Å². The van der Waals surface area contributed by atoms with Gasteiger partial charge in [0, 0.05) is 38.1 Å². The van der Waals surface area contributed by atoms with E-state index in [1.807, 2.05) is 0 Å². The monoisotopic (exact) mass is 479 g/mol. The van der Waals surface area contributed by atoms with E-state index in [0.29, 0.717) is 43.0 Å². The number of nitro groups is 1. The number of hydrogen-bond acceptors (Lipinski definition) is 8. The van der Waals surface area contributed by atoms with Gasteiger partial charge in [0.2, 0.25) is 5.91 Å². The van der Waals surface area contributed by atoms with Crippen LogP contribution in [-0.2, 0) is 4.79 Å². The average Bonchev–Trinajstić information content (AvgIpc) is 3.08. The van der Waals surface area contributed by atoms with Gasteiger partial charge in [0.05, 0.1) is 35.1 Å². The number of amides is 3. The Morgan fingerprint density at radius 2 is 1.77 bits per heavy atom. The van der Waals surface area contributed by atoms with Gasteiger partial charge in [-0.1, -0.05) is 0 Å². The molecule has 0 N–H and O–H groups in total. The molecule has 35 heavy (non-hydrogen) atoms. The Labute approximate surface area is 199 Å². The fourth-order valence-corrected chi connectivity index (χ4v) is 4.81. The van der Waals surface area contributed by atoms with Crippen LogP contribution < -0.4 is 9.47 Å². The first-order valence-corrected chi connectivity index (χ1v) is 11.0. The number of likely N-dealkylation sites (tertiary alicyclic amines) is 1. The third kappa shape index (κ3) is 3.78. The van der Waals surface area contributed by atoms with Gasteiger partial charge in [-0.15, -0.1) is 0 Å². The number of nitro benzene ring substituents is 1. The highest BCUT2D eigenvalue weighted by atomic mass is 16.6. The smallest absolute Gasteiger partial charge is 0.270 e. The molecule has 180 valence electrons. The predicted octanol–water partition coefficient (Wildman–Crippen LogP) is 2.23. The quantitative estimate of drug-likeness (QED) is 0.370. The van der Waals surface area contributed by atoms with Gasteiger partial charge in [0.25, 0.3) is 17.5 Å². The van der Waals surface area contributed by atoms with Crippen LogP contribution in [0.5, 0.6) is 11.5 Å². The number of benzene rings is 2. The molecule has 0 atom stereocenters. The first-order valence-electron chi connectivity index (χ1n) is 11.0. The summed E-state index contributed by atoms with van der Waals surface area (Å²) in [4.78, 5) is 63.7. The van der Waals surface area contributed by atoms with Crippen molar-refractivity contribution in [2.45, 2.75) is 24.9 Å². The molecule has 0 bridgehead atoms. The maximum absolute atomic E-state index is 12.9. The molecule has 1 saturated heterocycles. The highest BCUT2D eigenvalue weighted by Crippen LogP contribution is 2.40. The zero-order chi connectivity index (χ0) is 24.9. The fraction of sp³-hybridized carbons (Fsp3) is 0.333. The van der Waals surface area contributed by atoms with Crippen molar-refractivity contribution in [1.29, 1.82) is 0 Å². The lowest BCUT2D eigenvalue weighted by molar-refractivity contribution is -0.384. The number of methoxy groups -OCH3 is 1. The standard InChI is InChI=1S/C24H21N3O8/c1-34-15-3-5-20-18(11-15)19(28)12-24(35-20)6-8-25(9-7-24)21(29)13-26-22(30)16-4-2-14(27(32)33)10-17(16)23(26)31/h2-5,10-11H,6-9,12-13H2,1H3. The Hall–Kier alpha value is -4.28. The summed E-state index contributed by atoms with van der Waals surface area (Å²) in [6.07, 6.45) is 1.03. The maximum atomic E-state index is 12.9. The summed E-state index contributed by atoms with van der Waals surface area (Å²) >= 11 is 0. The van der Waals surface area contributed by atoms with Gasteiger partial charge in [-0.25, -0.2) is 0 Å². The van der Waals surface area contributed by atoms with E-state index in [1.165, 1.54) is 18.1 Å². The van der Waals surface area contributed by atoms with Crippen molar-refractivity contribution in [2.75, 3.05) is 26.7 Å². The molecule has 1 spiro atoms. The van der Waals surface area contributed by atoms with E-state index in [9.17, 15) is 29.3 Å². The molecule has 0 saturated carbocycles. The lowest BCUT2D eigenvalue weighted by Crippen LogP contribution is -2.54. The zero-order valence-corrected chi connectivity index (χ0v) is 18.8. The minimum Gasteiger partial charge on any atom is -0.497 e. The van der Waals surface area contributed by atoms with Crippen LogP contribution in [0.25, 0.3) is 0 Å². The third-order valence-electron chi connectivity index (χ3n) is 6.78. The number of nitrogens with zero attached hydrogens (tertiary/aromatic N) is 3. The van der Waals surface area contributed by atoms with Gasteiger partial charge in [-0.2, -0.15) is 0 Å². The van der Waals surface area contributed by atoms with Crippen molar-refractivity contribution < 1.29 is 33.6 Å². The highest BCUT2D eigenvalue weighted by Gasteiger charge is 2.45. The summed E-state index contributed by atoms with van der Waals surface area (Å²) in [5.74, 6) is -0.804. The Morgan fingerprint density at radius 1 is 1.06 bits per heavy atom. The molecule has 0 unspecified atom stereocenters. The molecular weight excluding hydrogens is 458 g/mol. The number of hydrogen-bond donors (Lipinski definition) is 0. The molecular formula is C24H21N3O8. The lowest BCUT2D eigenvalue weighted by atomic mass is 9.82. The van der Waals surface area contributed by atoms with Gasteiger partial charge < -0.3 is 14.4 Å². The van der Waals surface area contributed by atoms with Gasteiger partial charge in [0.1, 0.15) is 23.6 Å². The minimum atomic E-state index is -0.733. The van der Waals surface area contributed by atoms with Crippen LogP contribution in [-0.4, -0.2) is 70.6 Å². The predicted molar refractivity (Wildman–Crippen MR) is 120 cm³/mol. The number of fused-ring (bicyclic) bond motifs is 2. The first-order chi connectivity index (χ1) is 16.7. The van der Waals surface area contributed by atoms with E-state index in [4.69, 9.17) is 9.47 Å². The maximum Gasteiger partial charge on any atom is 0.270 e. The van der Waals surface area contributed by atoms with Gasteiger partial charge in [-0.3, -0.25) is 34.2 Å². The van der Waals surface area contributed by atoms with E-state index in [2.05, 4.69) is 0 Å². The Kier molecular flexibility index (Phi) is 5.27.